The molecule has 0 aromatic heterocycles. The maximum atomic E-state index is 2.41. The zero-order chi connectivity index (χ0) is 15.3. The topological polar surface area (TPSA) is 0 Å². The summed E-state index contributed by atoms with van der Waals surface area (Å²) in [6.45, 7) is 6.83. The van der Waals surface area contributed by atoms with Crippen molar-refractivity contribution >= 4 is 10.8 Å². The van der Waals surface area contributed by atoms with Gasteiger partial charge in [0.15, 0.2) is 0 Å². The molecule has 1 heteroatoms. The van der Waals surface area contributed by atoms with Gasteiger partial charge in [0.25, 0.3) is 0 Å². The number of benzene rings is 2. The Kier molecular flexibility index (Phi) is 4.26. The van der Waals surface area contributed by atoms with Crippen LogP contribution in [0.5, 0.6) is 0 Å². The predicted octanol–water partition coefficient (Wildman–Crippen LogP) is 3.02. The SMILES string of the molecule is CC(C)(C)c1ccc(-c2c3c(cc4[cH-]ccc24)CCC3)cc1.[Li+]. The van der Waals surface area contributed by atoms with E-state index in [0.29, 0.717) is 0 Å². The fraction of sp³-hybridized carbons (Fsp3) is 0.318. The molecule has 23 heavy (non-hydrogen) atoms. The van der Waals surface area contributed by atoms with Gasteiger partial charge in [-0.25, -0.2) is 0 Å². The largest absolute Gasteiger partial charge is 1.00 e. The Morgan fingerprint density at radius 3 is 2.39 bits per heavy atom. The summed E-state index contributed by atoms with van der Waals surface area (Å²) in [5.74, 6) is 0. The first kappa shape index (κ1) is 16.5. The van der Waals surface area contributed by atoms with Crippen molar-refractivity contribution in [1.29, 1.82) is 0 Å². The maximum Gasteiger partial charge on any atom is 1.00 e. The Labute approximate surface area is 151 Å². The van der Waals surface area contributed by atoms with E-state index in [1.54, 1.807) is 11.1 Å². The molecule has 112 valence electrons. The third kappa shape index (κ3) is 2.80. The molecule has 0 unspecified atom stereocenters. The van der Waals surface area contributed by atoms with Crippen LogP contribution in [0.25, 0.3) is 21.9 Å². The summed E-state index contributed by atoms with van der Waals surface area (Å²) < 4.78 is 0. The Hall–Kier alpha value is -1.35. The van der Waals surface area contributed by atoms with Crippen molar-refractivity contribution in [1.82, 2.24) is 0 Å². The summed E-state index contributed by atoms with van der Waals surface area (Å²) in [5.41, 5.74) is 7.63. The second-order valence-electron chi connectivity index (χ2n) is 7.60. The number of hydrogen-bond donors (Lipinski definition) is 0. The molecule has 3 aromatic rings. The van der Waals surface area contributed by atoms with Crippen molar-refractivity contribution in [3.8, 4) is 11.1 Å². The first-order chi connectivity index (χ1) is 10.5. The van der Waals surface area contributed by atoms with Crippen molar-refractivity contribution in [2.75, 3.05) is 0 Å². The molecule has 3 aromatic carbocycles. The van der Waals surface area contributed by atoms with Gasteiger partial charge in [0.1, 0.15) is 0 Å². The molecular weight excluding hydrogens is 271 g/mol. The van der Waals surface area contributed by atoms with Crippen molar-refractivity contribution in [3.05, 3.63) is 65.2 Å². The van der Waals surface area contributed by atoms with E-state index in [9.17, 15) is 0 Å². The van der Waals surface area contributed by atoms with Gasteiger partial charge >= 0.3 is 18.9 Å². The van der Waals surface area contributed by atoms with Gasteiger partial charge in [-0.3, -0.25) is 0 Å². The number of aryl methyl sites for hydroxylation is 1. The van der Waals surface area contributed by atoms with Crippen LogP contribution in [0.4, 0.5) is 0 Å². The van der Waals surface area contributed by atoms with Gasteiger partial charge in [-0.2, -0.15) is 12.1 Å². The summed E-state index contributed by atoms with van der Waals surface area (Å²) in [7, 11) is 0. The Bertz CT molecular complexity index is 829. The van der Waals surface area contributed by atoms with E-state index in [-0.39, 0.29) is 24.3 Å². The number of rotatable bonds is 1. The molecule has 0 radical (unpaired) electrons. The predicted molar refractivity (Wildman–Crippen MR) is 95.7 cm³/mol. The third-order valence-corrected chi connectivity index (χ3v) is 5.05. The van der Waals surface area contributed by atoms with E-state index < -0.39 is 0 Å². The Balaban J connectivity index is 0.00000156. The van der Waals surface area contributed by atoms with E-state index in [1.807, 2.05) is 0 Å². The normalized spacial score (nSPS) is 13.9. The van der Waals surface area contributed by atoms with Gasteiger partial charge in [-0.15, -0.1) is 22.9 Å². The molecule has 0 nitrogen and oxygen atoms in total. The summed E-state index contributed by atoms with van der Waals surface area (Å²) >= 11 is 0. The van der Waals surface area contributed by atoms with Crippen LogP contribution in [0, 0.1) is 0 Å². The summed E-state index contributed by atoms with van der Waals surface area (Å²) in [5, 5.41) is 2.82. The van der Waals surface area contributed by atoms with E-state index >= 15 is 0 Å². The van der Waals surface area contributed by atoms with Gasteiger partial charge < -0.3 is 0 Å². The van der Waals surface area contributed by atoms with E-state index in [0.717, 1.165) is 0 Å². The fourth-order valence-corrected chi connectivity index (χ4v) is 3.82. The Morgan fingerprint density at radius 1 is 0.957 bits per heavy atom. The molecule has 1 aliphatic carbocycles. The van der Waals surface area contributed by atoms with Crippen LogP contribution in [-0.4, -0.2) is 0 Å². The number of fused-ring (bicyclic) bond motifs is 2. The van der Waals surface area contributed by atoms with E-state index in [4.69, 9.17) is 0 Å². The van der Waals surface area contributed by atoms with Gasteiger partial charge in [-0.05, 0) is 35.8 Å². The molecule has 0 heterocycles. The van der Waals surface area contributed by atoms with Crippen molar-refractivity contribution in [3.63, 3.8) is 0 Å². The van der Waals surface area contributed by atoms with Crippen molar-refractivity contribution in [2.24, 2.45) is 0 Å². The minimum atomic E-state index is 0. The zero-order valence-corrected chi connectivity index (χ0v) is 14.7. The molecule has 0 aliphatic heterocycles. The third-order valence-electron chi connectivity index (χ3n) is 5.05. The van der Waals surface area contributed by atoms with Gasteiger partial charge in [-0.1, -0.05) is 61.7 Å². The molecule has 0 saturated carbocycles. The molecular formula is C22H23Li. The van der Waals surface area contributed by atoms with Crippen LogP contribution in [0.15, 0.2) is 48.5 Å². The van der Waals surface area contributed by atoms with Crippen molar-refractivity contribution in [2.45, 2.75) is 45.4 Å². The molecule has 4 rings (SSSR count). The van der Waals surface area contributed by atoms with Crippen LogP contribution in [0.1, 0.15) is 43.9 Å². The molecule has 0 fully saturated rings. The first-order valence-corrected chi connectivity index (χ1v) is 8.35. The average molecular weight is 294 g/mol. The average Bonchev–Trinajstić information content (AvgIpc) is 3.12. The van der Waals surface area contributed by atoms with Gasteiger partial charge in [0.2, 0.25) is 0 Å². The quantitative estimate of drug-likeness (QED) is 0.478. The van der Waals surface area contributed by atoms with E-state index in [2.05, 4.69) is 69.3 Å². The van der Waals surface area contributed by atoms with E-state index in [1.165, 1.54) is 46.7 Å². The molecule has 0 bridgehead atoms. The van der Waals surface area contributed by atoms with Crippen LogP contribution in [-0.2, 0) is 18.3 Å². The molecule has 0 saturated heterocycles. The summed E-state index contributed by atoms with van der Waals surface area (Å²) in [4.78, 5) is 0. The molecule has 1 aliphatic rings. The molecule has 0 atom stereocenters. The van der Waals surface area contributed by atoms with Crippen LogP contribution in [0.3, 0.4) is 0 Å². The van der Waals surface area contributed by atoms with Crippen molar-refractivity contribution < 1.29 is 18.9 Å². The smallest absolute Gasteiger partial charge is 0.168 e. The van der Waals surface area contributed by atoms with Crippen LogP contribution < -0.4 is 18.9 Å². The molecule has 0 amide bonds. The second-order valence-corrected chi connectivity index (χ2v) is 7.60. The monoisotopic (exact) mass is 294 g/mol. The summed E-state index contributed by atoms with van der Waals surface area (Å²) in [6.07, 6.45) is 3.77. The summed E-state index contributed by atoms with van der Waals surface area (Å²) in [6, 6.07) is 18.4. The standard InChI is InChI=1S/C22H23.Li/c1-22(2,3)18-12-10-15(11-13-18)21-19-8-4-6-16(19)14-17-7-5-9-20(17)21;/h4,6,8,10-14H,5,7,9H2,1-3H3;/q-1;+1. The number of hydrogen-bond acceptors (Lipinski definition) is 0. The van der Waals surface area contributed by atoms with Gasteiger partial charge in [0, 0.05) is 0 Å². The van der Waals surface area contributed by atoms with Crippen LogP contribution >= 0.6 is 0 Å². The fourth-order valence-electron chi connectivity index (χ4n) is 3.82. The molecule has 0 spiro atoms. The first-order valence-electron chi connectivity index (χ1n) is 8.35. The zero-order valence-electron chi connectivity index (χ0n) is 14.7. The minimum absolute atomic E-state index is 0. The minimum Gasteiger partial charge on any atom is -0.168 e. The maximum absolute atomic E-state index is 2.41. The Morgan fingerprint density at radius 2 is 1.70 bits per heavy atom. The van der Waals surface area contributed by atoms with Gasteiger partial charge in [0.05, 0.1) is 0 Å². The molecule has 0 N–H and O–H groups in total. The van der Waals surface area contributed by atoms with Crippen LogP contribution in [0.2, 0.25) is 0 Å². The second kappa shape index (κ2) is 5.93.